The van der Waals surface area contributed by atoms with E-state index in [1.54, 1.807) is 31.3 Å². The van der Waals surface area contributed by atoms with Crippen LogP contribution in [0.25, 0.3) is 0 Å². The molecule has 0 aliphatic heterocycles. The molecule has 0 radical (unpaired) electrons. The van der Waals surface area contributed by atoms with Crippen LogP contribution in [0, 0.1) is 0 Å². The highest BCUT2D eigenvalue weighted by Crippen LogP contribution is 2.07. The molecular formula is C7H11N3O2S. The van der Waals surface area contributed by atoms with Crippen LogP contribution in [-0.4, -0.2) is 13.4 Å². The lowest BCUT2D eigenvalue weighted by atomic mass is 10.2. The molecule has 1 rings (SSSR count). The topological polar surface area (TPSA) is 85.1 Å². The van der Waals surface area contributed by atoms with Crippen molar-refractivity contribution < 1.29 is 8.42 Å². The van der Waals surface area contributed by atoms with Crippen molar-refractivity contribution in [2.45, 2.75) is 13.0 Å². The smallest absolute Gasteiger partial charge is 0.260 e. The third-order valence-corrected chi connectivity index (χ3v) is 2.15. The fourth-order valence-electron chi connectivity index (χ4n) is 0.939. The zero-order chi connectivity index (χ0) is 9.90. The number of pyridine rings is 1. The second kappa shape index (κ2) is 3.82. The lowest BCUT2D eigenvalue weighted by Gasteiger charge is -2.10. The summed E-state index contributed by atoms with van der Waals surface area (Å²) in [7, 11) is -3.66. The van der Waals surface area contributed by atoms with Gasteiger partial charge in [0.15, 0.2) is 0 Å². The first-order valence-corrected chi connectivity index (χ1v) is 5.24. The third-order valence-electron chi connectivity index (χ3n) is 1.47. The maximum absolute atomic E-state index is 10.7. The number of nitrogens with zero attached hydrogens (tertiary/aromatic N) is 1. The summed E-state index contributed by atoms with van der Waals surface area (Å²) in [5.74, 6) is 0. The number of nitrogens with two attached hydrogens (primary N) is 1. The molecule has 0 bridgehead atoms. The summed E-state index contributed by atoms with van der Waals surface area (Å²) in [5.41, 5.74) is 0.636. The van der Waals surface area contributed by atoms with Crippen LogP contribution in [0.1, 0.15) is 18.7 Å². The first kappa shape index (κ1) is 10.1. The Morgan fingerprint density at radius 3 is 2.69 bits per heavy atom. The van der Waals surface area contributed by atoms with Crippen molar-refractivity contribution in [3.63, 3.8) is 0 Å². The molecule has 3 N–H and O–H groups in total. The fourth-order valence-corrected chi connectivity index (χ4v) is 1.55. The standard InChI is InChI=1S/C7H11N3O2S/c1-6(10-13(8,11)12)7-4-2-3-5-9-7/h2-6,10H,1H3,(H2,8,11,12). The molecule has 1 aromatic rings. The molecule has 72 valence electrons. The van der Waals surface area contributed by atoms with Crippen molar-refractivity contribution in [2.24, 2.45) is 5.14 Å². The average Bonchev–Trinajstić information content (AvgIpc) is 2.03. The van der Waals surface area contributed by atoms with E-state index >= 15 is 0 Å². The Balaban J connectivity index is 2.76. The Morgan fingerprint density at radius 1 is 1.54 bits per heavy atom. The minimum absolute atomic E-state index is 0.406. The third kappa shape index (κ3) is 3.49. The molecule has 6 heteroatoms. The van der Waals surface area contributed by atoms with Gasteiger partial charge in [-0.15, -0.1) is 0 Å². The summed E-state index contributed by atoms with van der Waals surface area (Å²) >= 11 is 0. The van der Waals surface area contributed by atoms with Crippen molar-refractivity contribution >= 4 is 10.2 Å². The van der Waals surface area contributed by atoms with Gasteiger partial charge < -0.3 is 0 Å². The maximum Gasteiger partial charge on any atom is 0.274 e. The quantitative estimate of drug-likeness (QED) is 0.718. The van der Waals surface area contributed by atoms with Crippen molar-refractivity contribution in [3.8, 4) is 0 Å². The monoisotopic (exact) mass is 201 g/mol. The Kier molecular flexibility index (Phi) is 2.97. The van der Waals surface area contributed by atoms with Gasteiger partial charge in [-0.25, -0.2) is 5.14 Å². The van der Waals surface area contributed by atoms with Gasteiger partial charge in [-0.05, 0) is 19.1 Å². The molecule has 0 aliphatic carbocycles. The summed E-state index contributed by atoms with van der Waals surface area (Å²) in [4.78, 5) is 3.98. The SMILES string of the molecule is CC(NS(N)(=O)=O)c1ccccn1. The van der Waals surface area contributed by atoms with Crippen LogP contribution >= 0.6 is 0 Å². The lowest BCUT2D eigenvalue weighted by Crippen LogP contribution is -2.33. The predicted molar refractivity (Wildman–Crippen MR) is 48.9 cm³/mol. The Morgan fingerprint density at radius 2 is 2.23 bits per heavy atom. The molecule has 0 spiro atoms. The molecule has 0 amide bonds. The number of nitrogens with one attached hydrogen (secondary N) is 1. The van der Waals surface area contributed by atoms with Gasteiger partial charge in [0, 0.05) is 6.20 Å². The van der Waals surface area contributed by atoms with E-state index in [4.69, 9.17) is 5.14 Å². The van der Waals surface area contributed by atoms with Gasteiger partial charge in [-0.1, -0.05) is 6.07 Å². The molecule has 0 aliphatic rings. The van der Waals surface area contributed by atoms with Gasteiger partial charge in [0.1, 0.15) is 0 Å². The Labute approximate surface area is 77.2 Å². The number of rotatable bonds is 3. The molecule has 0 aromatic carbocycles. The first-order chi connectivity index (χ1) is 5.99. The molecule has 0 saturated heterocycles. The zero-order valence-electron chi connectivity index (χ0n) is 7.14. The van der Waals surface area contributed by atoms with E-state index in [-0.39, 0.29) is 0 Å². The molecule has 1 unspecified atom stereocenters. The van der Waals surface area contributed by atoms with Gasteiger partial charge in [0.25, 0.3) is 10.2 Å². The van der Waals surface area contributed by atoms with Crippen LogP contribution in [0.15, 0.2) is 24.4 Å². The second-order valence-corrected chi connectivity index (χ2v) is 3.96. The largest absolute Gasteiger partial charge is 0.274 e. The van der Waals surface area contributed by atoms with Crippen LogP contribution < -0.4 is 9.86 Å². The molecule has 5 nitrogen and oxygen atoms in total. The highest BCUT2D eigenvalue weighted by Gasteiger charge is 2.11. The molecule has 1 aromatic heterocycles. The van der Waals surface area contributed by atoms with Gasteiger partial charge in [-0.2, -0.15) is 13.1 Å². The van der Waals surface area contributed by atoms with E-state index in [1.165, 1.54) is 0 Å². The fraction of sp³-hybridized carbons (Fsp3) is 0.286. The van der Waals surface area contributed by atoms with Gasteiger partial charge in [0.2, 0.25) is 0 Å². The van der Waals surface area contributed by atoms with E-state index in [0.717, 1.165) is 0 Å². The van der Waals surface area contributed by atoms with Crippen molar-refractivity contribution in [3.05, 3.63) is 30.1 Å². The van der Waals surface area contributed by atoms with Crippen molar-refractivity contribution in [1.82, 2.24) is 9.71 Å². The lowest BCUT2D eigenvalue weighted by molar-refractivity contribution is 0.565. The van der Waals surface area contributed by atoms with Crippen LogP contribution in [0.4, 0.5) is 0 Å². The summed E-state index contributed by atoms with van der Waals surface area (Å²) < 4.78 is 23.5. The second-order valence-electron chi connectivity index (χ2n) is 2.64. The van der Waals surface area contributed by atoms with Crippen LogP contribution in [-0.2, 0) is 10.2 Å². The summed E-state index contributed by atoms with van der Waals surface area (Å²) in [6.07, 6.45) is 1.59. The minimum Gasteiger partial charge on any atom is -0.260 e. The molecule has 1 atom stereocenters. The van der Waals surface area contributed by atoms with Crippen molar-refractivity contribution in [1.29, 1.82) is 0 Å². The molecule has 1 heterocycles. The van der Waals surface area contributed by atoms with Crippen molar-refractivity contribution in [2.75, 3.05) is 0 Å². The highest BCUT2D eigenvalue weighted by atomic mass is 32.2. The van der Waals surface area contributed by atoms with Gasteiger partial charge in [-0.3, -0.25) is 4.98 Å². The molecular weight excluding hydrogens is 190 g/mol. The van der Waals surface area contributed by atoms with Gasteiger partial charge >= 0.3 is 0 Å². The zero-order valence-corrected chi connectivity index (χ0v) is 7.95. The van der Waals surface area contributed by atoms with E-state index < -0.39 is 16.3 Å². The van der Waals surface area contributed by atoms with Crippen LogP contribution in [0.2, 0.25) is 0 Å². The first-order valence-electron chi connectivity index (χ1n) is 3.70. The van der Waals surface area contributed by atoms with Gasteiger partial charge in [0.05, 0.1) is 11.7 Å². The van der Waals surface area contributed by atoms with E-state index in [1.807, 2.05) is 0 Å². The maximum atomic E-state index is 10.7. The van der Waals surface area contributed by atoms with E-state index in [2.05, 4.69) is 9.71 Å². The number of hydrogen-bond donors (Lipinski definition) is 2. The molecule has 13 heavy (non-hydrogen) atoms. The minimum atomic E-state index is -3.66. The van der Waals surface area contributed by atoms with E-state index in [0.29, 0.717) is 5.69 Å². The Bertz CT molecular complexity index is 363. The highest BCUT2D eigenvalue weighted by molar-refractivity contribution is 7.87. The predicted octanol–water partition coefficient (Wildman–Crippen LogP) is -0.0643. The molecule has 0 fully saturated rings. The van der Waals surface area contributed by atoms with Crippen LogP contribution in [0.3, 0.4) is 0 Å². The average molecular weight is 201 g/mol. The Hall–Kier alpha value is -0.980. The summed E-state index contributed by atoms with van der Waals surface area (Å²) in [5, 5.41) is 4.81. The molecule has 0 saturated carbocycles. The number of aromatic nitrogens is 1. The van der Waals surface area contributed by atoms with E-state index in [9.17, 15) is 8.42 Å². The normalized spacial score (nSPS) is 14.0. The summed E-state index contributed by atoms with van der Waals surface area (Å²) in [6.45, 7) is 1.67. The number of hydrogen-bond acceptors (Lipinski definition) is 3. The summed E-state index contributed by atoms with van der Waals surface area (Å²) in [6, 6.07) is 4.86. The van der Waals surface area contributed by atoms with Crippen LogP contribution in [0.5, 0.6) is 0 Å².